The molecule has 5 heteroatoms. The Hall–Kier alpha value is -1.46. The minimum Gasteiger partial charge on any atom is -0.392 e. The smallest absolute Gasteiger partial charge is 0.237 e. The van der Waals surface area contributed by atoms with Crippen molar-refractivity contribution >= 4 is 23.1 Å². The molecule has 0 spiro atoms. The van der Waals surface area contributed by atoms with Gasteiger partial charge in [-0.3, -0.25) is 9.69 Å². The highest BCUT2D eigenvalue weighted by molar-refractivity contribution is 7.80. The zero-order chi connectivity index (χ0) is 14.8. The van der Waals surface area contributed by atoms with Crippen molar-refractivity contribution in [1.29, 1.82) is 0 Å². The Balaban J connectivity index is 1.77. The molecule has 0 saturated carbocycles. The molecule has 1 aromatic rings. The van der Waals surface area contributed by atoms with Crippen molar-refractivity contribution in [2.24, 2.45) is 5.73 Å². The minimum absolute atomic E-state index is 0.0558. The van der Waals surface area contributed by atoms with Gasteiger partial charge < -0.3 is 10.6 Å². The first-order chi connectivity index (χ1) is 10.2. The summed E-state index contributed by atoms with van der Waals surface area (Å²) in [7, 11) is 0. The Bertz CT molecular complexity index is 534. The molecule has 0 aromatic heterocycles. The topological polar surface area (TPSA) is 49.6 Å². The molecule has 2 atom stereocenters. The van der Waals surface area contributed by atoms with Crippen LogP contribution in [-0.2, 0) is 4.79 Å². The van der Waals surface area contributed by atoms with Gasteiger partial charge >= 0.3 is 0 Å². The second-order valence-corrected chi connectivity index (χ2v) is 6.33. The first kappa shape index (κ1) is 14.5. The number of benzene rings is 1. The maximum Gasteiger partial charge on any atom is 0.237 e. The van der Waals surface area contributed by atoms with Gasteiger partial charge in [-0.1, -0.05) is 42.5 Å². The Morgan fingerprint density at radius 2 is 2.00 bits per heavy atom. The number of rotatable bonds is 3. The second kappa shape index (κ2) is 6.12. The highest BCUT2D eigenvalue weighted by Gasteiger charge is 2.36. The number of hydrogen-bond acceptors (Lipinski definition) is 3. The third kappa shape index (κ3) is 2.94. The number of carbonyl (C=O) groups is 1. The van der Waals surface area contributed by atoms with Crippen molar-refractivity contribution < 1.29 is 4.79 Å². The van der Waals surface area contributed by atoms with E-state index < -0.39 is 5.92 Å². The van der Waals surface area contributed by atoms with Gasteiger partial charge in [-0.05, 0) is 24.9 Å². The SMILES string of the molecule is NC(=S)C(C(=O)N1CCN2CCCC2C1)c1ccccc1. The van der Waals surface area contributed by atoms with Crippen LogP contribution >= 0.6 is 12.2 Å². The molecule has 1 amide bonds. The number of hydrogen-bond donors (Lipinski definition) is 1. The van der Waals surface area contributed by atoms with Gasteiger partial charge in [0.2, 0.25) is 5.91 Å². The molecule has 112 valence electrons. The fourth-order valence-electron chi connectivity index (χ4n) is 3.45. The Morgan fingerprint density at radius 1 is 1.24 bits per heavy atom. The highest BCUT2D eigenvalue weighted by Crippen LogP contribution is 2.25. The molecule has 0 bridgehead atoms. The Labute approximate surface area is 130 Å². The van der Waals surface area contributed by atoms with Crippen LogP contribution in [-0.4, -0.2) is 52.9 Å². The van der Waals surface area contributed by atoms with Gasteiger partial charge in [0.05, 0.1) is 4.99 Å². The average molecular weight is 303 g/mol. The number of carbonyl (C=O) groups excluding carboxylic acids is 1. The molecule has 2 N–H and O–H groups in total. The molecule has 4 nitrogen and oxygen atoms in total. The van der Waals surface area contributed by atoms with Crippen LogP contribution in [0.15, 0.2) is 30.3 Å². The molecule has 1 aromatic carbocycles. The van der Waals surface area contributed by atoms with E-state index >= 15 is 0 Å². The molecule has 2 saturated heterocycles. The van der Waals surface area contributed by atoms with Crippen molar-refractivity contribution in [3.63, 3.8) is 0 Å². The van der Waals surface area contributed by atoms with Crippen molar-refractivity contribution in [3.05, 3.63) is 35.9 Å². The summed E-state index contributed by atoms with van der Waals surface area (Å²) in [4.78, 5) is 17.6. The zero-order valence-electron chi connectivity index (χ0n) is 12.1. The summed E-state index contributed by atoms with van der Waals surface area (Å²) in [6, 6.07) is 10.1. The van der Waals surface area contributed by atoms with E-state index in [1.165, 1.54) is 19.4 Å². The van der Waals surface area contributed by atoms with Crippen LogP contribution in [0.2, 0.25) is 0 Å². The summed E-state index contributed by atoms with van der Waals surface area (Å²) in [6.45, 7) is 3.73. The number of nitrogens with zero attached hydrogens (tertiary/aromatic N) is 2. The Morgan fingerprint density at radius 3 is 2.71 bits per heavy atom. The molecule has 2 aliphatic rings. The molecule has 2 aliphatic heterocycles. The lowest BCUT2D eigenvalue weighted by Crippen LogP contribution is -2.54. The molecule has 3 rings (SSSR count). The summed E-state index contributed by atoms with van der Waals surface area (Å²) in [5, 5.41) is 0. The van der Waals surface area contributed by atoms with Crippen LogP contribution < -0.4 is 5.73 Å². The van der Waals surface area contributed by atoms with Crippen molar-refractivity contribution in [3.8, 4) is 0 Å². The van der Waals surface area contributed by atoms with Crippen LogP contribution in [0.5, 0.6) is 0 Å². The lowest BCUT2D eigenvalue weighted by atomic mass is 9.96. The first-order valence-electron chi connectivity index (χ1n) is 7.54. The molecule has 21 heavy (non-hydrogen) atoms. The van der Waals surface area contributed by atoms with E-state index in [1.807, 2.05) is 35.2 Å². The average Bonchev–Trinajstić information content (AvgIpc) is 2.95. The fourth-order valence-corrected chi connectivity index (χ4v) is 3.68. The standard InChI is InChI=1S/C16H21N3OS/c17-15(21)14(12-5-2-1-3-6-12)16(20)19-10-9-18-8-4-7-13(18)11-19/h1-3,5-6,13-14H,4,7-11H2,(H2,17,21). The first-order valence-corrected chi connectivity index (χ1v) is 7.95. The Kier molecular flexibility index (Phi) is 4.22. The predicted octanol–water partition coefficient (Wildman–Crippen LogP) is 1.36. The van der Waals surface area contributed by atoms with E-state index in [0.29, 0.717) is 6.04 Å². The lowest BCUT2D eigenvalue weighted by Gasteiger charge is -2.38. The lowest BCUT2D eigenvalue weighted by molar-refractivity contribution is -0.133. The van der Waals surface area contributed by atoms with Crippen LogP contribution in [0, 0.1) is 0 Å². The quantitative estimate of drug-likeness (QED) is 0.857. The number of thiocarbonyl (C=S) groups is 1. The van der Waals surface area contributed by atoms with Crippen molar-refractivity contribution in [2.45, 2.75) is 24.8 Å². The summed E-state index contributed by atoms with van der Waals surface area (Å²) >= 11 is 5.16. The van der Waals surface area contributed by atoms with E-state index in [0.717, 1.165) is 25.2 Å². The number of fused-ring (bicyclic) bond motifs is 1. The van der Waals surface area contributed by atoms with Crippen LogP contribution in [0.1, 0.15) is 24.3 Å². The molecule has 2 fully saturated rings. The van der Waals surface area contributed by atoms with Crippen molar-refractivity contribution in [1.82, 2.24) is 9.80 Å². The molecular weight excluding hydrogens is 282 g/mol. The maximum absolute atomic E-state index is 12.9. The van der Waals surface area contributed by atoms with Crippen LogP contribution in [0.4, 0.5) is 0 Å². The third-order valence-electron chi connectivity index (χ3n) is 4.56. The van der Waals surface area contributed by atoms with Gasteiger partial charge in [0.1, 0.15) is 5.92 Å². The van der Waals surface area contributed by atoms with Gasteiger partial charge in [-0.25, -0.2) is 0 Å². The van der Waals surface area contributed by atoms with Gasteiger partial charge in [0, 0.05) is 25.7 Å². The van der Waals surface area contributed by atoms with E-state index in [9.17, 15) is 4.79 Å². The summed E-state index contributed by atoms with van der Waals surface area (Å²) in [5.74, 6) is -0.436. The monoisotopic (exact) mass is 303 g/mol. The molecule has 0 aliphatic carbocycles. The minimum atomic E-state index is -0.492. The summed E-state index contributed by atoms with van der Waals surface area (Å²) < 4.78 is 0. The van der Waals surface area contributed by atoms with E-state index in [2.05, 4.69) is 4.90 Å². The van der Waals surface area contributed by atoms with Gasteiger partial charge in [-0.15, -0.1) is 0 Å². The largest absolute Gasteiger partial charge is 0.392 e. The van der Waals surface area contributed by atoms with E-state index in [4.69, 9.17) is 18.0 Å². The van der Waals surface area contributed by atoms with Gasteiger partial charge in [0.15, 0.2) is 0 Å². The molecule has 2 unspecified atom stereocenters. The molecule has 0 radical (unpaired) electrons. The highest BCUT2D eigenvalue weighted by atomic mass is 32.1. The van der Waals surface area contributed by atoms with E-state index in [-0.39, 0.29) is 10.9 Å². The third-order valence-corrected chi connectivity index (χ3v) is 4.80. The van der Waals surface area contributed by atoms with Crippen molar-refractivity contribution in [2.75, 3.05) is 26.2 Å². The molecule has 2 heterocycles. The second-order valence-electron chi connectivity index (χ2n) is 5.86. The zero-order valence-corrected chi connectivity index (χ0v) is 12.9. The summed E-state index contributed by atoms with van der Waals surface area (Å²) in [5.41, 5.74) is 6.75. The normalized spacial score (nSPS) is 23.6. The number of amides is 1. The van der Waals surface area contributed by atoms with E-state index in [1.54, 1.807) is 0 Å². The molecular formula is C16H21N3OS. The maximum atomic E-state index is 12.9. The van der Waals surface area contributed by atoms with Crippen LogP contribution in [0.3, 0.4) is 0 Å². The predicted molar refractivity (Wildman–Crippen MR) is 87.1 cm³/mol. The van der Waals surface area contributed by atoms with Crippen LogP contribution in [0.25, 0.3) is 0 Å². The number of nitrogens with two attached hydrogens (primary N) is 1. The summed E-state index contributed by atoms with van der Waals surface area (Å²) in [6.07, 6.45) is 2.43. The fraction of sp³-hybridized carbons (Fsp3) is 0.500. The number of piperazine rings is 1. The van der Waals surface area contributed by atoms with Gasteiger partial charge in [-0.2, -0.15) is 0 Å². The van der Waals surface area contributed by atoms with Gasteiger partial charge in [0.25, 0.3) is 0 Å².